The molecule has 1 aromatic rings. The van der Waals surface area contributed by atoms with Crippen molar-refractivity contribution in [3.05, 3.63) is 55.3 Å². The average Bonchev–Trinajstić information content (AvgIpc) is 2.19. The van der Waals surface area contributed by atoms with Crippen molar-refractivity contribution >= 4 is 10.1 Å². The summed E-state index contributed by atoms with van der Waals surface area (Å²) in [6, 6.07) is 6.64. The van der Waals surface area contributed by atoms with Crippen LogP contribution in [0.4, 0.5) is 0 Å². The van der Waals surface area contributed by atoms with Gasteiger partial charge in [0, 0.05) is 0 Å². The summed E-state index contributed by atoms with van der Waals surface area (Å²) >= 11 is 0. The molecule has 0 aliphatic heterocycles. The van der Waals surface area contributed by atoms with Gasteiger partial charge in [0.25, 0.3) is 0 Å². The van der Waals surface area contributed by atoms with Gasteiger partial charge in [0.2, 0.25) is 0 Å². The molecule has 80 valence electrons. The smallest absolute Gasteiger partial charge is 0.338 e. The van der Waals surface area contributed by atoms with Crippen molar-refractivity contribution < 1.29 is 12.6 Å². The van der Waals surface area contributed by atoms with E-state index in [2.05, 4.69) is 17.3 Å². The van der Waals surface area contributed by atoms with Gasteiger partial charge in [-0.2, -0.15) is 8.42 Å². The van der Waals surface area contributed by atoms with Crippen LogP contribution in [0.5, 0.6) is 0 Å². The minimum Gasteiger partial charge on any atom is -0.388 e. The molecule has 0 spiro atoms. The molecule has 0 amide bonds. The molecule has 0 radical (unpaired) electrons. The van der Waals surface area contributed by atoms with E-state index in [1.54, 1.807) is 24.3 Å². The Morgan fingerprint density at radius 1 is 1.27 bits per heavy atom. The van der Waals surface area contributed by atoms with Gasteiger partial charge in [0.15, 0.2) is 0 Å². The molecule has 0 saturated heterocycles. The normalized spacial score (nSPS) is 10.7. The molecule has 0 aromatic heterocycles. The Morgan fingerprint density at radius 3 is 2.53 bits per heavy atom. The summed E-state index contributed by atoms with van der Waals surface area (Å²) in [5.41, 5.74) is 0.661. The van der Waals surface area contributed by atoms with Crippen LogP contribution >= 0.6 is 0 Å². The van der Waals surface area contributed by atoms with E-state index < -0.39 is 10.1 Å². The molecule has 0 atom stereocenters. The summed E-state index contributed by atoms with van der Waals surface area (Å²) in [4.78, 5) is 0.157. The third-order valence-corrected chi connectivity index (χ3v) is 3.13. The lowest BCUT2D eigenvalue weighted by atomic mass is 10.1. The monoisotopic (exact) mass is 224 g/mol. The third-order valence-electron chi connectivity index (χ3n) is 1.80. The first-order valence-corrected chi connectivity index (χ1v) is 5.75. The Kier molecular flexibility index (Phi) is 3.68. The molecule has 15 heavy (non-hydrogen) atoms. The lowest BCUT2D eigenvalue weighted by Crippen LogP contribution is -2.05. The molecule has 0 unspecified atom stereocenters. The van der Waals surface area contributed by atoms with Crippen molar-refractivity contribution in [2.24, 2.45) is 0 Å². The van der Waals surface area contributed by atoms with Crippen LogP contribution < -0.4 is 0 Å². The molecular weight excluding hydrogens is 212 g/mol. The second-order valence-electron chi connectivity index (χ2n) is 2.82. The Balaban J connectivity index is 3.23. The van der Waals surface area contributed by atoms with Gasteiger partial charge in [0.05, 0.1) is 6.26 Å². The van der Waals surface area contributed by atoms with Gasteiger partial charge in [-0.15, -0.1) is 6.58 Å². The average molecular weight is 224 g/mol. The summed E-state index contributed by atoms with van der Waals surface area (Å²) in [6.45, 7) is 6.79. The molecule has 0 heterocycles. The van der Waals surface area contributed by atoms with Crippen molar-refractivity contribution in [1.82, 2.24) is 0 Å². The van der Waals surface area contributed by atoms with Gasteiger partial charge in [-0.05, 0) is 18.1 Å². The summed E-state index contributed by atoms with van der Waals surface area (Å²) in [5, 5.41) is 0. The summed E-state index contributed by atoms with van der Waals surface area (Å²) < 4.78 is 27.7. The quantitative estimate of drug-likeness (QED) is 0.438. The van der Waals surface area contributed by atoms with Gasteiger partial charge in [-0.1, -0.05) is 30.9 Å². The van der Waals surface area contributed by atoms with Crippen molar-refractivity contribution in [3.63, 3.8) is 0 Å². The zero-order valence-corrected chi connectivity index (χ0v) is 9.03. The largest absolute Gasteiger partial charge is 0.388 e. The lowest BCUT2D eigenvalue weighted by Gasteiger charge is -2.07. The minimum atomic E-state index is -3.73. The van der Waals surface area contributed by atoms with E-state index >= 15 is 0 Å². The zero-order chi connectivity index (χ0) is 11.3. The van der Waals surface area contributed by atoms with Crippen LogP contribution in [-0.4, -0.2) is 8.42 Å². The van der Waals surface area contributed by atoms with E-state index in [9.17, 15) is 8.42 Å². The Labute approximate surface area is 89.8 Å². The van der Waals surface area contributed by atoms with E-state index in [-0.39, 0.29) is 4.90 Å². The highest BCUT2D eigenvalue weighted by atomic mass is 32.2. The van der Waals surface area contributed by atoms with Crippen LogP contribution in [-0.2, 0) is 20.7 Å². The molecular formula is C11H12O3S. The summed E-state index contributed by atoms with van der Waals surface area (Å²) in [5.74, 6) is 0. The first-order valence-electron chi connectivity index (χ1n) is 4.35. The number of rotatable bonds is 5. The fourth-order valence-corrected chi connectivity index (χ4v) is 2.21. The molecule has 0 saturated carbocycles. The molecule has 0 fully saturated rings. The van der Waals surface area contributed by atoms with Gasteiger partial charge < -0.3 is 4.18 Å². The van der Waals surface area contributed by atoms with Gasteiger partial charge in [-0.25, -0.2) is 0 Å². The zero-order valence-electron chi connectivity index (χ0n) is 8.22. The fraction of sp³-hybridized carbons (Fsp3) is 0.0909. The first-order chi connectivity index (χ1) is 7.11. The van der Waals surface area contributed by atoms with Crippen LogP contribution in [0.1, 0.15) is 5.56 Å². The number of hydrogen-bond donors (Lipinski definition) is 0. The first kappa shape index (κ1) is 11.5. The molecule has 4 heteroatoms. The number of hydrogen-bond acceptors (Lipinski definition) is 3. The molecule has 3 nitrogen and oxygen atoms in total. The van der Waals surface area contributed by atoms with E-state index in [0.29, 0.717) is 12.0 Å². The molecule has 1 rings (SSSR count). The topological polar surface area (TPSA) is 43.4 Å². The van der Waals surface area contributed by atoms with E-state index in [0.717, 1.165) is 6.26 Å². The van der Waals surface area contributed by atoms with Crippen LogP contribution in [0.25, 0.3) is 0 Å². The number of allylic oxidation sites excluding steroid dienone is 1. The highest BCUT2D eigenvalue weighted by molar-refractivity contribution is 7.86. The maximum atomic E-state index is 11.6. The number of benzene rings is 1. The van der Waals surface area contributed by atoms with Crippen molar-refractivity contribution in [2.75, 3.05) is 0 Å². The van der Waals surface area contributed by atoms with Gasteiger partial charge in [0.1, 0.15) is 4.90 Å². The maximum Gasteiger partial charge on any atom is 0.338 e. The Hall–Kier alpha value is -1.55. The molecule has 0 aliphatic carbocycles. The lowest BCUT2D eigenvalue weighted by molar-refractivity contribution is 0.444. The van der Waals surface area contributed by atoms with E-state index in [1.807, 2.05) is 0 Å². The SMILES string of the molecule is C=CCc1ccccc1S(=O)(=O)OC=C. The van der Waals surface area contributed by atoms with Crippen molar-refractivity contribution in [1.29, 1.82) is 0 Å². The Bertz CT molecular complexity index is 460. The van der Waals surface area contributed by atoms with Crippen LogP contribution in [0.2, 0.25) is 0 Å². The summed E-state index contributed by atoms with van der Waals surface area (Å²) in [6.07, 6.45) is 3.03. The maximum absolute atomic E-state index is 11.6. The standard InChI is InChI=1S/C11H12O3S/c1-3-7-10-8-5-6-9-11(10)15(12,13)14-4-2/h3-6,8-9H,1-2,7H2. The van der Waals surface area contributed by atoms with Crippen LogP contribution in [0.15, 0.2) is 54.7 Å². The molecule has 1 aromatic carbocycles. The van der Waals surface area contributed by atoms with E-state index in [1.165, 1.54) is 6.07 Å². The Morgan fingerprint density at radius 2 is 1.93 bits per heavy atom. The second-order valence-corrected chi connectivity index (χ2v) is 4.36. The van der Waals surface area contributed by atoms with Crippen LogP contribution in [0.3, 0.4) is 0 Å². The van der Waals surface area contributed by atoms with Crippen LogP contribution in [0, 0.1) is 0 Å². The van der Waals surface area contributed by atoms with Gasteiger partial charge >= 0.3 is 10.1 Å². The second kappa shape index (κ2) is 4.79. The fourth-order valence-electron chi connectivity index (χ4n) is 1.21. The van der Waals surface area contributed by atoms with Gasteiger partial charge in [-0.3, -0.25) is 0 Å². The minimum absolute atomic E-state index is 0.157. The highest BCUT2D eigenvalue weighted by Crippen LogP contribution is 2.18. The molecule has 0 aliphatic rings. The van der Waals surface area contributed by atoms with Crippen molar-refractivity contribution in [3.8, 4) is 0 Å². The van der Waals surface area contributed by atoms with E-state index in [4.69, 9.17) is 0 Å². The summed E-state index contributed by atoms with van der Waals surface area (Å²) in [7, 11) is -3.73. The van der Waals surface area contributed by atoms with Crippen molar-refractivity contribution in [2.45, 2.75) is 11.3 Å². The highest BCUT2D eigenvalue weighted by Gasteiger charge is 2.17. The molecule has 0 bridgehead atoms. The predicted octanol–water partition coefficient (Wildman–Crippen LogP) is 2.26. The predicted molar refractivity (Wildman–Crippen MR) is 58.8 cm³/mol. The molecule has 0 N–H and O–H groups in total. The third kappa shape index (κ3) is 2.70.